The molecule has 1 amide bonds. The Morgan fingerprint density at radius 3 is 2.53 bits per heavy atom. The third-order valence-corrected chi connectivity index (χ3v) is 1.65. The second-order valence-corrected chi connectivity index (χ2v) is 2.86. The van der Waals surface area contributed by atoms with Crippen LogP contribution in [0.1, 0.15) is 5.56 Å². The van der Waals surface area contributed by atoms with Crippen molar-refractivity contribution in [1.29, 1.82) is 0 Å². The van der Waals surface area contributed by atoms with E-state index in [0.29, 0.717) is 0 Å². The fourth-order valence-corrected chi connectivity index (χ4v) is 0.948. The van der Waals surface area contributed by atoms with Crippen LogP contribution in [-0.2, 0) is 20.9 Å². The molecular weight excluding hydrogens is 194 g/mol. The molecular formula is C11H11NO3. The molecule has 0 aliphatic heterocycles. The summed E-state index contributed by atoms with van der Waals surface area (Å²) >= 11 is 0. The van der Waals surface area contributed by atoms with E-state index in [2.05, 4.69) is 5.32 Å². The highest BCUT2D eigenvalue weighted by molar-refractivity contribution is 5.84. The Kier molecular flexibility index (Phi) is 4.34. The quantitative estimate of drug-likeness (QED) is 0.730. The lowest BCUT2D eigenvalue weighted by Gasteiger charge is -2.04. The van der Waals surface area contributed by atoms with E-state index < -0.39 is 11.9 Å². The Hall–Kier alpha value is -1.84. The van der Waals surface area contributed by atoms with Gasteiger partial charge in [0.1, 0.15) is 13.2 Å². The Morgan fingerprint density at radius 1 is 1.27 bits per heavy atom. The highest BCUT2D eigenvalue weighted by atomic mass is 16.5. The number of rotatable bonds is 4. The van der Waals surface area contributed by atoms with Crippen LogP contribution in [0.5, 0.6) is 0 Å². The molecule has 0 saturated carbocycles. The van der Waals surface area contributed by atoms with Crippen molar-refractivity contribution in [3.63, 3.8) is 0 Å². The zero-order chi connectivity index (χ0) is 11.1. The van der Waals surface area contributed by atoms with Crippen LogP contribution in [-0.4, -0.2) is 18.4 Å². The van der Waals surface area contributed by atoms with Gasteiger partial charge in [-0.2, -0.15) is 0 Å². The number of hydrogen-bond donors (Lipinski definition) is 1. The third-order valence-electron chi connectivity index (χ3n) is 1.65. The number of esters is 1. The summed E-state index contributed by atoms with van der Waals surface area (Å²) in [4.78, 5) is 21.3. The molecule has 1 rings (SSSR count). The minimum atomic E-state index is -0.744. The maximum Gasteiger partial charge on any atom is 0.325 e. The summed E-state index contributed by atoms with van der Waals surface area (Å²) < 4.78 is 4.87. The summed E-state index contributed by atoms with van der Waals surface area (Å²) in [7, 11) is 0. The molecule has 15 heavy (non-hydrogen) atoms. The molecule has 0 aliphatic carbocycles. The van der Waals surface area contributed by atoms with Gasteiger partial charge < -0.3 is 10.1 Å². The first-order chi connectivity index (χ1) is 7.18. The first-order valence-electron chi connectivity index (χ1n) is 4.41. The van der Waals surface area contributed by atoms with Crippen LogP contribution in [0.25, 0.3) is 0 Å². The van der Waals surface area contributed by atoms with Crippen LogP contribution in [0.15, 0.2) is 30.3 Å². The normalized spacial score (nSPS) is 9.40. The van der Waals surface area contributed by atoms with E-state index in [9.17, 15) is 9.59 Å². The molecule has 0 atom stereocenters. The molecule has 0 aliphatic rings. The van der Waals surface area contributed by atoms with E-state index in [4.69, 9.17) is 11.7 Å². The van der Waals surface area contributed by atoms with E-state index in [1.807, 2.05) is 30.3 Å². The van der Waals surface area contributed by atoms with Crippen LogP contribution in [0.4, 0.5) is 0 Å². The van der Waals surface area contributed by atoms with Crippen molar-refractivity contribution in [3.8, 4) is 0 Å². The zero-order valence-electron chi connectivity index (χ0n) is 8.10. The van der Waals surface area contributed by atoms with E-state index in [-0.39, 0.29) is 13.2 Å². The van der Waals surface area contributed by atoms with Gasteiger partial charge in [0.15, 0.2) is 0 Å². The lowest BCUT2D eigenvalue weighted by molar-refractivity contribution is -0.144. The molecule has 0 saturated heterocycles. The zero-order valence-corrected chi connectivity index (χ0v) is 8.10. The van der Waals surface area contributed by atoms with Gasteiger partial charge in [-0.25, -0.2) is 0 Å². The fraction of sp³-hybridized carbons (Fsp3) is 0.182. The van der Waals surface area contributed by atoms with Crippen molar-refractivity contribution in [2.75, 3.05) is 6.54 Å². The largest absolute Gasteiger partial charge is 0.460 e. The van der Waals surface area contributed by atoms with Crippen LogP contribution in [0.2, 0.25) is 0 Å². The maximum atomic E-state index is 11.0. The van der Waals surface area contributed by atoms with Gasteiger partial charge in [0, 0.05) is 0 Å². The molecule has 1 aromatic rings. The summed E-state index contributed by atoms with van der Waals surface area (Å²) in [6, 6.07) is 9.26. The fourth-order valence-electron chi connectivity index (χ4n) is 0.948. The van der Waals surface area contributed by atoms with E-state index in [1.165, 1.54) is 0 Å². The van der Waals surface area contributed by atoms with Gasteiger partial charge in [-0.1, -0.05) is 30.3 Å². The van der Waals surface area contributed by atoms with Gasteiger partial charge in [0.2, 0.25) is 5.91 Å². The van der Waals surface area contributed by atoms with Crippen molar-refractivity contribution in [2.24, 2.45) is 0 Å². The molecule has 1 aromatic carbocycles. The minimum absolute atomic E-state index is 0.195. The Balaban J connectivity index is 2.26. The maximum absolute atomic E-state index is 11.0. The summed E-state index contributed by atoms with van der Waals surface area (Å²) in [5, 5.41) is 2.15. The number of hydrogen-bond acceptors (Lipinski definition) is 3. The van der Waals surface area contributed by atoms with Gasteiger partial charge in [0.25, 0.3) is 0 Å². The van der Waals surface area contributed by atoms with E-state index in [1.54, 1.807) is 0 Å². The number of nitrogens with one attached hydrogen (secondary N) is 1. The second-order valence-electron chi connectivity index (χ2n) is 2.86. The molecule has 78 valence electrons. The molecule has 0 aromatic heterocycles. The van der Waals surface area contributed by atoms with Gasteiger partial charge in [-0.15, -0.1) is 0 Å². The topological polar surface area (TPSA) is 55.4 Å². The van der Waals surface area contributed by atoms with Gasteiger partial charge in [0.05, 0.1) is 6.92 Å². The van der Waals surface area contributed by atoms with Gasteiger partial charge in [-0.05, 0) is 5.56 Å². The first kappa shape index (κ1) is 11.2. The molecule has 2 radical (unpaired) electrons. The average molecular weight is 205 g/mol. The predicted octanol–water partition coefficient (Wildman–Crippen LogP) is 0.557. The molecule has 1 N–H and O–H groups in total. The number of benzene rings is 1. The molecule has 0 heterocycles. The second kappa shape index (κ2) is 5.80. The van der Waals surface area contributed by atoms with Crippen LogP contribution >= 0.6 is 0 Å². The van der Waals surface area contributed by atoms with Crippen molar-refractivity contribution in [3.05, 3.63) is 42.8 Å². The monoisotopic (exact) mass is 205 g/mol. The van der Waals surface area contributed by atoms with E-state index in [0.717, 1.165) is 5.56 Å². The van der Waals surface area contributed by atoms with Crippen molar-refractivity contribution >= 4 is 11.9 Å². The average Bonchev–Trinajstić information content (AvgIpc) is 2.25. The molecule has 0 fully saturated rings. The lowest BCUT2D eigenvalue weighted by Crippen LogP contribution is -2.28. The number of carbonyl (C=O) groups is 2. The van der Waals surface area contributed by atoms with Crippen LogP contribution in [0, 0.1) is 6.92 Å². The van der Waals surface area contributed by atoms with Crippen molar-refractivity contribution < 1.29 is 14.3 Å². The smallest absolute Gasteiger partial charge is 0.325 e. The first-order valence-corrected chi connectivity index (χ1v) is 4.41. The van der Waals surface area contributed by atoms with Crippen LogP contribution in [0.3, 0.4) is 0 Å². The highest BCUT2D eigenvalue weighted by Crippen LogP contribution is 2.00. The number of carbonyl (C=O) groups excluding carboxylic acids is 2. The predicted molar refractivity (Wildman–Crippen MR) is 53.5 cm³/mol. The molecule has 0 bridgehead atoms. The molecule has 4 heteroatoms. The third kappa shape index (κ3) is 4.81. The Morgan fingerprint density at radius 2 is 1.93 bits per heavy atom. The summed E-state index contributed by atoms with van der Waals surface area (Å²) in [6.07, 6.45) is 0. The SMILES string of the molecule is [CH]C(=O)NCC(=O)OCc1ccccc1. The van der Waals surface area contributed by atoms with E-state index >= 15 is 0 Å². The van der Waals surface area contributed by atoms with Crippen LogP contribution < -0.4 is 5.32 Å². The Labute approximate surface area is 88.2 Å². The molecule has 0 spiro atoms. The van der Waals surface area contributed by atoms with Gasteiger partial charge >= 0.3 is 5.97 Å². The van der Waals surface area contributed by atoms with Crippen molar-refractivity contribution in [1.82, 2.24) is 5.32 Å². The van der Waals surface area contributed by atoms with Gasteiger partial charge in [-0.3, -0.25) is 9.59 Å². The standard InChI is InChI=1S/C11H11NO3/c1-9(13)12-7-11(14)15-8-10-5-3-2-4-6-10/h1-6H,7-8H2,(H,12,13). The minimum Gasteiger partial charge on any atom is -0.460 e. The highest BCUT2D eigenvalue weighted by Gasteiger charge is 2.03. The lowest BCUT2D eigenvalue weighted by atomic mass is 10.2. The molecule has 0 unspecified atom stereocenters. The number of ether oxygens (including phenoxy) is 1. The Bertz CT molecular complexity index is 335. The summed E-state index contributed by atoms with van der Waals surface area (Å²) in [5.41, 5.74) is 0.893. The molecule has 4 nitrogen and oxygen atoms in total. The number of amides is 1. The summed E-state index contributed by atoms with van der Waals surface area (Å²) in [6.45, 7) is 4.78. The summed E-state index contributed by atoms with van der Waals surface area (Å²) in [5.74, 6) is -1.26. The van der Waals surface area contributed by atoms with Crippen molar-refractivity contribution in [2.45, 2.75) is 6.61 Å².